The summed E-state index contributed by atoms with van der Waals surface area (Å²) >= 11 is 0. The standard InChI is InChI=1S/C23H22N2O4/c1-14-17-13-21(29-22(17)16-6-4-5-7-18(16)25-14)23(26)24-11-10-15-8-9-19(27-2)20(12-15)28-3/h4-9,12-13H,10-11H2,1-3H3,(H,24,26). The summed E-state index contributed by atoms with van der Waals surface area (Å²) in [7, 11) is 3.21. The van der Waals surface area contributed by atoms with E-state index in [9.17, 15) is 4.79 Å². The molecular weight excluding hydrogens is 368 g/mol. The first-order valence-corrected chi connectivity index (χ1v) is 9.38. The van der Waals surface area contributed by atoms with Crippen LogP contribution in [-0.2, 0) is 6.42 Å². The van der Waals surface area contributed by atoms with Crippen molar-refractivity contribution in [1.82, 2.24) is 10.3 Å². The molecule has 0 unspecified atom stereocenters. The number of aromatic nitrogens is 1. The Morgan fingerprint density at radius 2 is 1.83 bits per heavy atom. The maximum absolute atomic E-state index is 12.6. The Bertz CT molecular complexity index is 1200. The monoisotopic (exact) mass is 390 g/mol. The molecule has 1 N–H and O–H groups in total. The van der Waals surface area contributed by atoms with Gasteiger partial charge in [-0.1, -0.05) is 18.2 Å². The first-order chi connectivity index (χ1) is 14.1. The highest BCUT2D eigenvalue weighted by molar-refractivity contribution is 6.06. The number of nitrogens with one attached hydrogen (secondary N) is 1. The van der Waals surface area contributed by atoms with Crippen LogP contribution in [0.4, 0.5) is 0 Å². The van der Waals surface area contributed by atoms with Gasteiger partial charge in [-0.2, -0.15) is 0 Å². The summed E-state index contributed by atoms with van der Waals surface area (Å²) in [5.74, 6) is 1.39. The molecule has 2 aromatic carbocycles. The Morgan fingerprint density at radius 3 is 2.62 bits per heavy atom. The second kappa shape index (κ2) is 7.83. The number of fused-ring (bicyclic) bond motifs is 3. The third kappa shape index (κ3) is 3.61. The molecule has 4 rings (SSSR count). The van der Waals surface area contributed by atoms with Crippen molar-refractivity contribution in [3.8, 4) is 11.5 Å². The van der Waals surface area contributed by atoms with Gasteiger partial charge in [0, 0.05) is 23.0 Å². The highest BCUT2D eigenvalue weighted by Crippen LogP contribution is 2.29. The maximum atomic E-state index is 12.6. The van der Waals surface area contributed by atoms with Crippen LogP contribution in [-0.4, -0.2) is 31.7 Å². The molecule has 0 aliphatic rings. The number of methoxy groups -OCH3 is 2. The smallest absolute Gasteiger partial charge is 0.287 e. The van der Waals surface area contributed by atoms with Crippen LogP contribution in [0.25, 0.3) is 21.9 Å². The number of hydrogen-bond donors (Lipinski definition) is 1. The van der Waals surface area contributed by atoms with E-state index in [1.807, 2.05) is 49.4 Å². The zero-order chi connectivity index (χ0) is 20.4. The van der Waals surface area contributed by atoms with Gasteiger partial charge in [0.05, 0.1) is 19.7 Å². The molecule has 6 heteroatoms. The van der Waals surface area contributed by atoms with Crippen molar-refractivity contribution in [2.45, 2.75) is 13.3 Å². The third-order valence-electron chi connectivity index (χ3n) is 4.93. The summed E-state index contributed by atoms with van der Waals surface area (Å²) < 4.78 is 16.5. The molecular formula is C23H22N2O4. The van der Waals surface area contributed by atoms with Gasteiger partial charge in [-0.15, -0.1) is 0 Å². The molecule has 6 nitrogen and oxygen atoms in total. The van der Waals surface area contributed by atoms with Crippen LogP contribution in [0.5, 0.6) is 11.5 Å². The van der Waals surface area contributed by atoms with E-state index in [1.165, 1.54) is 0 Å². The Balaban J connectivity index is 1.50. The van der Waals surface area contributed by atoms with Crippen molar-refractivity contribution < 1.29 is 18.7 Å². The fourth-order valence-corrected chi connectivity index (χ4v) is 3.42. The molecule has 29 heavy (non-hydrogen) atoms. The normalized spacial score (nSPS) is 11.0. The number of benzene rings is 2. The van der Waals surface area contributed by atoms with E-state index in [2.05, 4.69) is 10.3 Å². The fourth-order valence-electron chi connectivity index (χ4n) is 3.42. The first kappa shape index (κ1) is 18.8. The number of furan rings is 1. The lowest BCUT2D eigenvalue weighted by Gasteiger charge is -2.09. The molecule has 2 heterocycles. The topological polar surface area (TPSA) is 73.6 Å². The van der Waals surface area contributed by atoms with E-state index in [0.29, 0.717) is 30.0 Å². The van der Waals surface area contributed by atoms with E-state index >= 15 is 0 Å². The highest BCUT2D eigenvalue weighted by atomic mass is 16.5. The SMILES string of the molecule is COc1ccc(CCNC(=O)c2cc3c(C)nc4ccccc4c3o2)cc1OC. The zero-order valence-corrected chi connectivity index (χ0v) is 16.6. The molecule has 4 aromatic rings. The van der Waals surface area contributed by atoms with E-state index in [0.717, 1.165) is 27.5 Å². The molecule has 0 saturated carbocycles. The third-order valence-corrected chi connectivity index (χ3v) is 4.93. The van der Waals surface area contributed by atoms with Crippen LogP contribution in [0.15, 0.2) is 52.9 Å². The van der Waals surface area contributed by atoms with Gasteiger partial charge in [0.25, 0.3) is 5.91 Å². The van der Waals surface area contributed by atoms with Gasteiger partial charge in [-0.25, -0.2) is 0 Å². The molecule has 0 fully saturated rings. The number of ether oxygens (including phenoxy) is 2. The molecule has 0 aliphatic carbocycles. The molecule has 0 radical (unpaired) electrons. The first-order valence-electron chi connectivity index (χ1n) is 9.38. The highest BCUT2D eigenvalue weighted by Gasteiger charge is 2.16. The summed E-state index contributed by atoms with van der Waals surface area (Å²) in [6, 6.07) is 15.2. The van der Waals surface area contributed by atoms with E-state index < -0.39 is 0 Å². The van der Waals surface area contributed by atoms with Crippen LogP contribution in [0.1, 0.15) is 21.8 Å². The summed E-state index contributed by atoms with van der Waals surface area (Å²) in [6.45, 7) is 2.40. The number of para-hydroxylation sites is 1. The number of hydrogen-bond acceptors (Lipinski definition) is 5. The molecule has 2 aromatic heterocycles. The number of nitrogens with zero attached hydrogens (tertiary/aromatic N) is 1. The van der Waals surface area contributed by atoms with Gasteiger partial charge in [0.1, 0.15) is 5.58 Å². The van der Waals surface area contributed by atoms with Crippen molar-refractivity contribution >= 4 is 27.8 Å². The van der Waals surface area contributed by atoms with Crippen LogP contribution >= 0.6 is 0 Å². The van der Waals surface area contributed by atoms with Crippen LogP contribution < -0.4 is 14.8 Å². The Labute approximate surface area is 168 Å². The second-order valence-electron chi connectivity index (χ2n) is 6.76. The minimum Gasteiger partial charge on any atom is -0.493 e. The Kier molecular flexibility index (Phi) is 5.08. The number of carbonyl (C=O) groups excluding carboxylic acids is 1. The average molecular weight is 390 g/mol. The molecule has 0 aliphatic heterocycles. The summed E-state index contributed by atoms with van der Waals surface area (Å²) in [5.41, 5.74) is 3.43. The molecule has 0 saturated heterocycles. The zero-order valence-electron chi connectivity index (χ0n) is 16.6. The number of aryl methyl sites for hydroxylation is 1. The Morgan fingerprint density at radius 1 is 1.03 bits per heavy atom. The van der Waals surface area contributed by atoms with Crippen molar-refractivity contribution in [2.75, 3.05) is 20.8 Å². The summed E-state index contributed by atoms with van der Waals surface area (Å²) in [5, 5.41) is 4.67. The summed E-state index contributed by atoms with van der Waals surface area (Å²) in [6.07, 6.45) is 0.663. The van der Waals surface area contributed by atoms with E-state index in [1.54, 1.807) is 20.3 Å². The predicted octanol–water partition coefficient (Wildman–Crippen LogP) is 4.28. The largest absolute Gasteiger partial charge is 0.493 e. The van der Waals surface area contributed by atoms with Gasteiger partial charge < -0.3 is 19.2 Å². The molecule has 0 bridgehead atoms. The quantitative estimate of drug-likeness (QED) is 0.532. The predicted molar refractivity (Wildman–Crippen MR) is 112 cm³/mol. The van der Waals surface area contributed by atoms with Crippen molar-refractivity contribution in [1.29, 1.82) is 0 Å². The van der Waals surface area contributed by atoms with Crippen LogP contribution in [0, 0.1) is 6.92 Å². The molecule has 148 valence electrons. The number of carbonyl (C=O) groups is 1. The minimum absolute atomic E-state index is 0.245. The van der Waals surface area contributed by atoms with E-state index in [4.69, 9.17) is 13.9 Å². The molecule has 0 atom stereocenters. The molecule has 0 spiro atoms. The summed E-state index contributed by atoms with van der Waals surface area (Å²) in [4.78, 5) is 17.2. The molecule has 1 amide bonds. The van der Waals surface area contributed by atoms with Crippen molar-refractivity contribution in [3.05, 3.63) is 65.5 Å². The number of rotatable bonds is 6. The minimum atomic E-state index is -0.245. The lowest BCUT2D eigenvalue weighted by Crippen LogP contribution is -2.25. The second-order valence-corrected chi connectivity index (χ2v) is 6.76. The van der Waals surface area contributed by atoms with Crippen LogP contribution in [0.2, 0.25) is 0 Å². The van der Waals surface area contributed by atoms with Gasteiger partial charge >= 0.3 is 0 Å². The van der Waals surface area contributed by atoms with Gasteiger partial charge in [-0.05, 0) is 49.2 Å². The number of pyridine rings is 1. The van der Waals surface area contributed by atoms with Crippen LogP contribution in [0.3, 0.4) is 0 Å². The lowest BCUT2D eigenvalue weighted by molar-refractivity contribution is 0.0928. The Hall–Kier alpha value is -3.54. The van der Waals surface area contributed by atoms with Crippen molar-refractivity contribution in [2.24, 2.45) is 0 Å². The van der Waals surface area contributed by atoms with E-state index in [-0.39, 0.29) is 11.7 Å². The average Bonchev–Trinajstić information content (AvgIpc) is 3.20. The van der Waals surface area contributed by atoms with Gasteiger partial charge in [0.2, 0.25) is 0 Å². The number of amides is 1. The van der Waals surface area contributed by atoms with Crippen molar-refractivity contribution in [3.63, 3.8) is 0 Å². The lowest BCUT2D eigenvalue weighted by atomic mass is 10.1. The van der Waals surface area contributed by atoms with Gasteiger partial charge in [0.15, 0.2) is 17.3 Å². The maximum Gasteiger partial charge on any atom is 0.287 e. The van der Waals surface area contributed by atoms with Gasteiger partial charge in [-0.3, -0.25) is 9.78 Å². The fraction of sp³-hybridized carbons (Fsp3) is 0.217.